The lowest BCUT2D eigenvalue weighted by Gasteiger charge is -2.16. The van der Waals surface area contributed by atoms with E-state index in [1.807, 2.05) is 69.3 Å². The minimum absolute atomic E-state index is 0.156. The first-order valence-electron chi connectivity index (χ1n) is 7.80. The topological polar surface area (TPSA) is 61.0 Å². The number of fused-ring (bicyclic) bond motifs is 1. The van der Waals surface area contributed by atoms with Gasteiger partial charge in [0.25, 0.3) is 0 Å². The lowest BCUT2D eigenvalue weighted by Crippen LogP contribution is -2.15. The maximum absolute atomic E-state index is 6.47. The molecule has 2 N–H and O–H groups in total. The second kappa shape index (κ2) is 6.34. The number of benzene rings is 2. The number of aryl methyl sites for hydroxylation is 1. The van der Waals surface area contributed by atoms with Crippen LogP contribution in [-0.4, -0.2) is 16.1 Å². The van der Waals surface area contributed by atoms with Crippen LogP contribution in [0.3, 0.4) is 0 Å². The number of ether oxygens (including phenoxy) is 1. The van der Waals surface area contributed by atoms with Gasteiger partial charge in [-0.15, -0.1) is 0 Å². The Bertz CT molecular complexity index is 812. The van der Waals surface area contributed by atoms with Gasteiger partial charge in [0, 0.05) is 5.39 Å². The zero-order valence-corrected chi connectivity index (χ0v) is 13.7. The van der Waals surface area contributed by atoms with Crippen LogP contribution in [0.2, 0.25) is 0 Å². The molecule has 3 aromatic rings. The van der Waals surface area contributed by atoms with Crippen LogP contribution < -0.4 is 10.5 Å². The highest BCUT2D eigenvalue weighted by Gasteiger charge is 2.15. The van der Waals surface area contributed by atoms with Crippen molar-refractivity contribution in [3.05, 3.63) is 65.6 Å². The van der Waals surface area contributed by atoms with Crippen LogP contribution in [0, 0.1) is 6.92 Å². The summed E-state index contributed by atoms with van der Waals surface area (Å²) < 4.78 is 5.68. The summed E-state index contributed by atoms with van der Waals surface area (Å²) in [5.74, 6) is 1.58. The van der Waals surface area contributed by atoms with Crippen LogP contribution in [0.25, 0.3) is 10.9 Å². The molecule has 0 aliphatic carbocycles. The van der Waals surface area contributed by atoms with Crippen molar-refractivity contribution in [3.8, 4) is 5.75 Å². The van der Waals surface area contributed by atoms with E-state index in [1.54, 1.807) is 0 Å². The summed E-state index contributed by atoms with van der Waals surface area (Å²) in [5.41, 5.74) is 9.25. The molecule has 0 aliphatic rings. The molecule has 0 amide bonds. The average Bonchev–Trinajstić information content (AvgIpc) is 2.53. The molecule has 2 aromatic carbocycles. The van der Waals surface area contributed by atoms with E-state index in [2.05, 4.69) is 9.97 Å². The summed E-state index contributed by atoms with van der Waals surface area (Å²) >= 11 is 0. The molecule has 1 heterocycles. The molecule has 1 atom stereocenters. The van der Waals surface area contributed by atoms with Crippen molar-refractivity contribution in [2.45, 2.75) is 32.9 Å². The van der Waals surface area contributed by atoms with Crippen LogP contribution in [-0.2, 0) is 0 Å². The van der Waals surface area contributed by atoms with Gasteiger partial charge in [0.05, 0.1) is 23.4 Å². The van der Waals surface area contributed by atoms with Gasteiger partial charge in [-0.2, -0.15) is 0 Å². The van der Waals surface area contributed by atoms with Gasteiger partial charge < -0.3 is 10.5 Å². The Morgan fingerprint density at radius 2 is 1.65 bits per heavy atom. The Morgan fingerprint density at radius 3 is 2.35 bits per heavy atom. The molecule has 4 nitrogen and oxygen atoms in total. The number of nitrogens with two attached hydrogens (primary N) is 1. The molecule has 4 heteroatoms. The van der Waals surface area contributed by atoms with Crippen LogP contribution in [0.15, 0.2) is 48.5 Å². The van der Waals surface area contributed by atoms with E-state index >= 15 is 0 Å². The predicted molar refractivity (Wildman–Crippen MR) is 92.5 cm³/mol. The molecular weight excluding hydrogens is 286 g/mol. The summed E-state index contributed by atoms with van der Waals surface area (Å²) in [6.45, 7) is 5.91. The maximum atomic E-state index is 6.47. The fourth-order valence-corrected chi connectivity index (χ4v) is 2.64. The summed E-state index contributed by atoms with van der Waals surface area (Å²) in [5, 5.41) is 0.994. The van der Waals surface area contributed by atoms with Gasteiger partial charge in [0.15, 0.2) is 0 Å². The Labute approximate surface area is 136 Å². The van der Waals surface area contributed by atoms with Crippen molar-refractivity contribution >= 4 is 10.9 Å². The van der Waals surface area contributed by atoms with E-state index in [-0.39, 0.29) is 12.1 Å². The monoisotopic (exact) mass is 307 g/mol. The predicted octanol–water partition coefficient (Wildman–Crippen LogP) is 3.77. The summed E-state index contributed by atoms with van der Waals surface area (Å²) in [6.07, 6.45) is 0.156. The number of para-hydroxylation sites is 1. The SMILES string of the molecule is Cc1nc(C(N)c2ccc(OC(C)C)cc2)c2ccccc2n1. The van der Waals surface area contributed by atoms with Crippen molar-refractivity contribution < 1.29 is 4.74 Å². The Morgan fingerprint density at radius 1 is 0.957 bits per heavy atom. The molecule has 0 saturated carbocycles. The van der Waals surface area contributed by atoms with Gasteiger partial charge in [0.2, 0.25) is 0 Å². The summed E-state index contributed by atoms with van der Waals surface area (Å²) in [6, 6.07) is 15.5. The van der Waals surface area contributed by atoms with E-state index in [4.69, 9.17) is 10.5 Å². The van der Waals surface area contributed by atoms with Gasteiger partial charge in [-0.05, 0) is 44.5 Å². The number of hydrogen-bond donors (Lipinski definition) is 1. The highest BCUT2D eigenvalue weighted by Crippen LogP contribution is 2.26. The van der Waals surface area contributed by atoms with Crippen LogP contribution in [0.1, 0.15) is 37.0 Å². The molecule has 1 aromatic heterocycles. The Balaban J connectivity index is 1.98. The molecular formula is C19H21N3O. The van der Waals surface area contributed by atoms with Crippen molar-refractivity contribution in [3.63, 3.8) is 0 Å². The lowest BCUT2D eigenvalue weighted by atomic mass is 10.0. The van der Waals surface area contributed by atoms with Crippen molar-refractivity contribution in [1.82, 2.24) is 9.97 Å². The van der Waals surface area contributed by atoms with Gasteiger partial charge in [0.1, 0.15) is 11.6 Å². The van der Waals surface area contributed by atoms with E-state index in [0.717, 1.165) is 33.7 Å². The fraction of sp³-hybridized carbons (Fsp3) is 0.263. The summed E-state index contributed by atoms with van der Waals surface area (Å²) in [7, 11) is 0. The van der Waals surface area contributed by atoms with Gasteiger partial charge in [-0.1, -0.05) is 30.3 Å². The number of hydrogen-bond acceptors (Lipinski definition) is 4. The Hall–Kier alpha value is -2.46. The standard InChI is InChI=1S/C19H21N3O/c1-12(2)23-15-10-8-14(9-11-15)18(20)19-16-6-4-5-7-17(16)21-13(3)22-19/h4-12,18H,20H2,1-3H3. The molecule has 1 unspecified atom stereocenters. The van der Waals surface area contributed by atoms with Gasteiger partial charge in [-0.25, -0.2) is 9.97 Å². The smallest absolute Gasteiger partial charge is 0.126 e. The van der Waals surface area contributed by atoms with Crippen LogP contribution in [0.4, 0.5) is 0 Å². The molecule has 0 aliphatic heterocycles. The van der Waals surface area contributed by atoms with Crippen LogP contribution in [0.5, 0.6) is 5.75 Å². The highest BCUT2D eigenvalue weighted by atomic mass is 16.5. The van der Waals surface area contributed by atoms with Crippen molar-refractivity contribution in [2.24, 2.45) is 5.73 Å². The molecule has 23 heavy (non-hydrogen) atoms. The molecule has 0 spiro atoms. The average molecular weight is 307 g/mol. The summed E-state index contributed by atoms with van der Waals surface area (Å²) in [4.78, 5) is 9.05. The van der Waals surface area contributed by atoms with E-state index in [0.29, 0.717) is 0 Å². The zero-order chi connectivity index (χ0) is 16.4. The number of nitrogens with zero attached hydrogens (tertiary/aromatic N) is 2. The molecule has 0 saturated heterocycles. The lowest BCUT2D eigenvalue weighted by molar-refractivity contribution is 0.242. The molecule has 0 bridgehead atoms. The minimum Gasteiger partial charge on any atom is -0.491 e. The minimum atomic E-state index is -0.297. The second-order valence-electron chi connectivity index (χ2n) is 5.89. The third kappa shape index (κ3) is 3.32. The first-order chi connectivity index (χ1) is 11.0. The number of aromatic nitrogens is 2. The first-order valence-corrected chi connectivity index (χ1v) is 7.80. The largest absolute Gasteiger partial charge is 0.491 e. The third-order valence-electron chi connectivity index (χ3n) is 3.65. The van der Waals surface area contributed by atoms with Crippen LogP contribution >= 0.6 is 0 Å². The third-order valence-corrected chi connectivity index (χ3v) is 3.65. The fourth-order valence-electron chi connectivity index (χ4n) is 2.64. The number of rotatable bonds is 4. The molecule has 118 valence electrons. The Kier molecular flexibility index (Phi) is 4.26. The van der Waals surface area contributed by atoms with E-state index in [9.17, 15) is 0 Å². The molecule has 3 rings (SSSR count). The van der Waals surface area contributed by atoms with Gasteiger partial charge >= 0.3 is 0 Å². The van der Waals surface area contributed by atoms with Gasteiger partial charge in [-0.3, -0.25) is 0 Å². The van der Waals surface area contributed by atoms with E-state index < -0.39 is 0 Å². The normalized spacial score (nSPS) is 12.6. The first kappa shape index (κ1) is 15.4. The molecule has 0 radical (unpaired) electrons. The van der Waals surface area contributed by atoms with E-state index in [1.165, 1.54) is 0 Å². The maximum Gasteiger partial charge on any atom is 0.126 e. The quantitative estimate of drug-likeness (QED) is 0.797. The van der Waals surface area contributed by atoms with Crippen molar-refractivity contribution in [2.75, 3.05) is 0 Å². The van der Waals surface area contributed by atoms with Crippen molar-refractivity contribution in [1.29, 1.82) is 0 Å². The highest BCUT2D eigenvalue weighted by molar-refractivity contribution is 5.81. The second-order valence-corrected chi connectivity index (χ2v) is 5.89. The zero-order valence-electron chi connectivity index (χ0n) is 13.7. The molecule has 0 fully saturated rings.